The van der Waals surface area contributed by atoms with E-state index in [2.05, 4.69) is 10.3 Å². The van der Waals surface area contributed by atoms with Crippen molar-refractivity contribution in [2.45, 2.75) is 25.9 Å². The number of hydrogen-bond acceptors (Lipinski definition) is 4. The lowest BCUT2D eigenvalue weighted by Gasteiger charge is -2.10. The molecule has 0 unspecified atom stereocenters. The van der Waals surface area contributed by atoms with Crippen molar-refractivity contribution in [3.63, 3.8) is 0 Å². The van der Waals surface area contributed by atoms with Gasteiger partial charge in [-0.2, -0.15) is 0 Å². The van der Waals surface area contributed by atoms with E-state index in [0.717, 1.165) is 21.7 Å². The zero-order valence-electron chi connectivity index (χ0n) is 14.3. The van der Waals surface area contributed by atoms with Crippen LogP contribution in [0.3, 0.4) is 0 Å². The lowest BCUT2D eigenvalue weighted by atomic mass is 10.1. The number of carbonyl (C=O) groups excluding carboxylic acids is 1. The highest BCUT2D eigenvalue weighted by Gasteiger charge is 2.14. The Morgan fingerprint density at radius 2 is 1.88 bits per heavy atom. The van der Waals surface area contributed by atoms with Gasteiger partial charge in [0.05, 0.1) is 11.8 Å². The molecule has 26 heavy (non-hydrogen) atoms. The van der Waals surface area contributed by atoms with Crippen LogP contribution in [0.5, 0.6) is 0 Å². The number of amides is 1. The second-order valence-electron chi connectivity index (χ2n) is 5.94. The SMILES string of the molecule is Cc1sc(NC(=O)CC[C@H](O)c2ccccc2)nc1-c1ccc(Cl)cc1. The molecule has 0 aliphatic rings. The summed E-state index contributed by atoms with van der Waals surface area (Å²) in [7, 11) is 0. The fraction of sp³-hybridized carbons (Fsp3) is 0.200. The quantitative estimate of drug-likeness (QED) is 0.610. The van der Waals surface area contributed by atoms with Crippen molar-refractivity contribution in [3.05, 3.63) is 70.1 Å². The number of rotatable bonds is 6. The summed E-state index contributed by atoms with van der Waals surface area (Å²) >= 11 is 7.36. The molecule has 4 nitrogen and oxygen atoms in total. The van der Waals surface area contributed by atoms with Crippen molar-refractivity contribution in [1.82, 2.24) is 4.98 Å². The number of aliphatic hydroxyl groups excluding tert-OH is 1. The molecule has 0 fully saturated rings. The van der Waals surface area contributed by atoms with Gasteiger partial charge in [-0.05, 0) is 31.0 Å². The molecule has 0 aliphatic heterocycles. The molecule has 0 radical (unpaired) electrons. The number of hydrogen-bond donors (Lipinski definition) is 2. The Kier molecular flexibility index (Phi) is 6.04. The summed E-state index contributed by atoms with van der Waals surface area (Å²) in [4.78, 5) is 17.7. The van der Waals surface area contributed by atoms with Crippen molar-refractivity contribution in [2.75, 3.05) is 5.32 Å². The maximum Gasteiger partial charge on any atom is 0.226 e. The van der Waals surface area contributed by atoms with Crippen LogP contribution in [-0.4, -0.2) is 16.0 Å². The Labute approximate surface area is 161 Å². The van der Waals surface area contributed by atoms with Gasteiger partial charge in [0.1, 0.15) is 0 Å². The van der Waals surface area contributed by atoms with E-state index >= 15 is 0 Å². The molecule has 0 saturated heterocycles. The van der Waals surface area contributed by atoms with Gasteiger partial charge in [-0.1, -0.05) is 54.1 Å². The van der Waals surface area contributed by atoms with E-state index in [4.69, 9.17) is 11.6 Å². The van der Waals surface area contributed by atoms with Gasteiger partial charge in [-0.15, -0.1) is 11.3 Å². The van der Waals surface area contributed by atoms with E-state index in [1.165, 1.54) is 11.3 Å². The largest absolute Gasteiger partial charge is 0.388 e. The fourth-order valence-corrected chi connectivity index (χ4v) is 3.59. The third-order valence-electron chi connectivity index (χ3n) is 3.99. The van der Waals surface area contributed by atoms with E-state index in [-0.39, 0.29) is 12.3 Å². The Bertz CT molecular complexity index is 879. The van der Waals surface area contributed by atoms with Crippen LogP contribution in [0.2, 0.25) is 5.02 Å². The number of nitrogens with zero attached hydrogens (tertiary/aromatic N) is 1. The molecule has 2 N–H and O–H groups in total. The molecule has 1 heterocycles. The number of halogens is 1. The van der Waals surface area contributed by atoms with Crippen LogP contribution in [0.1, 0.15) is 29.4 Å². The molecule has 2 aromatic carbocycles. The van der Waals surface area contributed by atoms with Crippen molar-refractivity contribution in [1.29, 1.82) is 0 Å². The van der Waals surface area contributed by atoms with Gasteiger partial charge in [0, 0.05) is 21.9 Å². The van der Waals surface area contributed by atoms with Crippen LogP contribution in [0.15, 0.2) is 54.6 Å². The summed E-state index contributed by atoms with van der Waals surface area (Å²) in [6.07, 6.45) is -0.0560. The third-order valence-corrected chi connectivity index (χ3v) is 5.13. The first-order valence-electron chi connectivity index (χ1n) is 8.29. The number of thiazole rings is 1. The second kappa shape index (κ2) is 8.45. The summed E-state index contributed by atoms with van der Waals surface area (Å²) in [5.41, 5.74) is 2.62. The average Bonchev–Trinajstić information content (AvgIpc) is 3.01. The number of aryl methyl sites for hydroxylation is 1. The minimum absolute atomic E-state index is 0.156. The molecule has 0 aliphatic carbocycles. The molecular weight excluding hydrogens is 368 g/mol. The van der Waals surface area contributed by atoms with Gasteiger partial charge in [-0.25, -0.2) is 4.98 Å². The van der Waals surface area contributed by atoms with Crippen LogP contribution >= 0.6 is 22.9 Å². The Morgan fingerprint density at radius 3 is 2.58 bits per heavy atom. The molecule has 0 saturated carbocycles. The first-order chi connectivity index (χ1) is 12.5. The summed E-state index contributed by atoms with van der Waals surface area (Å²) < 4.78 is 0. The van der Waals surface area contributed by atoms with E-state index in [1.54, 1.807) is 0 Å². The molecule has 3 aromatic rings. The maximum absolute atomic E-state index is 12.2. The van der Waals surface area contributed by atoms with Gasteiger partial charge in [-0.3, -0.25) is 4.79 Å². The second-order valence-corrected chi connectivity index (χ2v) is 7.58. The van der Waals surface area contributed by atoms with E-state index < -0.39 is 6.10 Å². The smallest absolute Gasteiger partial charge is 0.226 e. The van der Waals surface area contributed by atoms with Gasteiger partial charge < -0.3 is 10.4 Å². The zero-order chi connectivity index (χ0) is 18.5. The number of nitrogens with one attached hydrogen (secondary N) is 1. The van der Waals surface area contributed by atoms with E-state index in [0.29, 0.717) is 16.6 Å². The Balaban J connectivity index is 1.59. The summed E-state index contributed by atoms with van der Waals surface area (Å²) in [6, 6.07) is 16.8. The Morgan fingerprint density at radius 1 is 1.19 bits per heavy atom. The summed E-state index contributed by atoms with van der Waals surface area (Å²) in [5.74, 6) is -0.156. The highest BCUT2D eigenvalue weighted by molar-refractivity contribution is 7.16. The molecule has 134 valence electrons. The van der Waals surface area contributed by atoms with Crippen molar-refractivity contribution in [2.24, 2.45) is 0 Å². The van der Waals surface area contributed by atoms with Crippen LogP contribution in [-0.2, 0) is 4.79 Å². The van der Waals surface area contributed by atoms with E-state index in [1.807, 2.05) is 61.5 Å². The lowest BCUT2D eigenvalue weighted by molar-refractivity contribution is -0.116. The van der Waals surface area contributed by atoms with Crippen molar-refractivity contribution < 1.29 is 9.90 Å². The highest BCUT2D eigenvalue weighted by atomic mass is 35.5. The van der Waals surface area contributed by atoms with Gasteiger partial charge in [0.15, 0.2) is 5.13 Å². The number of carbonyl (C=O) groups is 1. The predicted molar refractivity (Wildman–Crippen MR) is 107 cm³/mol. The minimum Gasteiger partial charge on any atom is -0.388 e. The van der Waals surface area contributed by atoms with Crippen LogP contribution < -0.4 is 5.32 Å². The first-order valence-corrected chi connectivity index (χ1v) is 9.48. The highest BCUT2D eigenvalue weighted by Crippen LogP contribution is 2.31. The van der Waals surface area contributed by atoms with Gasteiger partial charge in [0.2, 0.25) is 5.91 Å². The summed E-state index contributed by atoms with van der Waals surface area (Å²) in [5, 5.41) is 14.2. The molecular formula is C20H19ClN2O2S. The first kappa shape index (κ1) is 18.6. The normalized spacial score (nSPS) is 12.0. The number of aliphatic hydroxyl groups is 1. The zero-order valence-corrected chi connectivity index (χ0v) is 15.8. The fourth-order valence-electron chi connectivity index (χ4n) is 2.62. The average molecular weight is 387 g/mol. The lowest BCUT2D eigenvalue weighted by Crippen LogP contribution is -2.12. The maximum atomic E-state index is 12.2. The molecule has 0 bridgehead atoms. The Hall–Kier alpha value is -2.21. The topological polar surface area (TPSA) is 62.2 Å². The van der Waals surface area contributed by atoms with Crippen molar-refractivity contribution >= 4 is 34.0 Å². The predicted octanol–water partition coefficient (Wildman–Crippen LogP) is 5.22. The number of anilines is 1. The monoisotopic (exact) mass is 386 g/mol. The molecule has 1 atom stereocenters. The van der Waals surface area contributed by atoms with Crippen LogP contribution in [0.4, 0.5) is 5.13 Å². The molecule has 0 spiro atoms. The van der Waals surface area contributed by atoms with Gasteiger partial charge >= 0.3 is 0 Å². The van der Waals surface area contributed by atoms with Crippen molar-refractivity contribution in [3.8, 4) is 11.3 Å². The number of aromatic nitrogens is 1. The summed E-state index contributed by atoms with van der Waals surface area (Å²) in [6.45, 7) is 1.97. The standard InChI is InChI=1S/C20H19ClN2O2S/c1-13-19(15-7-9-16(21)10-8-15)23-20(26-13)22-18(25)12-11-17(24)14-5-3-2-4-6-14/h2-10,17,24H,11-12H2,1H3,(H,22,23,25)/t17-/m0/s1. The van der Waals surface area contributed by atoms with Gasteiger partial charge in [0.25, 0.3) is 0 Å². The number of benzene rings is 2. The molecule has 1 amide bonds. The molecule has 1 aromatic heterocycles. The minimum atomic E-state index is -0.649. The van der Waals surface area contributed by atoms with E-state index in [9.17, 15) is 9.90 Å². The van der Waals surface area contributed by atoms with Crippen LogP contribution in [0, 0.1) is 6.92 Å². The van der Waals surface area contributed by atoms with Crippen LogP contribution in [0.25, 0.3) is 11.3 Å². The third kappa shape index (κ3) is 4.69. The molecule has 6 heteroatoms. The molecule has 3 rings (SSSR count).